The summed E-state index contributed by atoms with van der Waals surface area (Å²) < 4.78 is 0. The van der Waals surface area contributed by atoms with Crippen molar-refractivity contribution in [3.05, 3.63) is 121 Å². The van der Waals surface area contributed by atoms with Crippen molar-refractivity contribution in [3.63, 3.8) is 0 Å². The second kappa shape index (κ2) is 12.0. The van der Waals surface area contributed by atoms with Gasteiger partial charge < -0.3 is 20.4 Å². The van der Waals surface area contributed by atoms with Crippen LogP contribution in [0, 0.1) is 0 Å². The number of fused-ring (bicyclic) bond motifs is 2. The molecule has 0 radical (unpaired) electrons. The maximum absolute atomic E-state index is 4.97. The Labute approximate surface area is 253 Å². The first-order chi connectivity index (χ1) is 19.5. The van der Waals surface area contributed by atoms with E-state index < -0.39 is 0 Å². The zero-order valence-electron chi connectivity index (χ0n) is 23.0. The van der Waals surface area contributed by atoms with Gasteiger partial charge >= 0.3 is 21.1 Å². The largest absolute Gasteiger partial charge is 2.00 e. The van der Waals surface area contributed by atoms with E-state index >= 15 is 0 Å². The Morgan fingerprint density at radius 1 is 0.634 bits per heavy atom. The van der Waals surface area contributed by atoms with Crippen LogP contribution in [0.5, 0.6) is 0 Å². The van der Waals surface area contributed by atoms with Crippen LogP contribution >= 0.6 is 0 Å². The van der Waals surface area contributed by atoms with E-state index in [1.807, 2.05) is 85.2 Å². The summed E-state index contributed by atoms with van der Waals surface area (Å²) in [4.78, 5) is 8.92. The van der Waals surface area contributed by atoms with Crippen LogP contribution in [-0.4, -0.2) is 20.2 Å². The first kappa shape index (κ1) is 28.1. The van der Waals surface area contributed by atoms with Crippen LogP contribution in [0.3, 0.4) is 0 Å². The Hall–Kier alpha value is -4.41. The van der Waals surface area contributed by atoms with Gasteiger partial charge in [-0.25, -0.2) is 0 Å². The van der Waals surface area contributed by atoms with Gasteiger partial charge in [-0.2, -0.15) is 0 Å². The van der Waals surface area contributed by atoms with Gasteiger partial charge in [-0.05, 0) is 57.6 Å². The SMILES string of the molecule is CC(C)(C)c1ccncc1.[Pt+2].c1ccc(-c2cc(-c3nc(-c4[n-]nc5ccccc45)cc4ccccc34)[n-]n2)cc1. The number of pyridine rings is 2. The van der Waals surface area contributed by atoms with E-state index in [0.717, 1.165) is 55.7 Å². The summed E-state index contributed by atoms with van der Waals surface area (Å²) in [5, 5.41) is 20.7. The molecule has 0 unspecified atom stereocenters. The molecule has 0 N–H and O–H groups in total. The third-order valence-electron chi connectivity index (χ3n) is 6.80. The quantitative estimate of drug-likeness (QED) is 0.189. The molecular formula is C34H28N6Pt. The molecule has 0 saturated carbocycles. The smallest absolute Gasteiger partial charge is 0.573 e. The molecule has 0 amide bonds. The summed E-state index contributed by atoms with van der Waals surface area (Å²) in [6.45, 7) is 6.59. The van der Waals surface area contributed by atoms with E-state index in [1.165, 1.54) is 5.56 Å². The van der Waals surface area contributed by atoms with Crippen molar-refractivity contribution >= 4 is 21.7 Å². The first-order valence-electron chi connectivity index (χ1n) is 13.2. The van der Waals surface area contributed by atoms with Crippen LogP contribution in [0.2, 0.25) is 0 Å². The molecule has 0 bridgehead atoms. The number of rotatable bonds is 3. The second-order valence-corrected chi connectivity index (χ2v) is 10.6. The zero-order valence-corrected chi connectivity index (χ0v) is 25.2. The van der Waals surface area contributed by atoms with Gasteiger partial charge in [0.2, 0.25) is 0 Å². The summed E-state index contributed by atoms with van der Waals surface area (Å²) in [6.07, 6.45) is 3.67. The molecule has 41 heavy (non-hydrogen) atoms. The van der Waals surface area contributed by atoms with Gasteiger partial charge in [0.05, 0.1) is 11.4 Å². The van der Waals surface area contributed by atoms with Gasteiger partial charge in [0.1, 0.15) is 0 Å². The molecule has 0 saturated heterocycles. The molecule has 3 aromatic carbocycles. The van der Waals surface area contributed by atoms with Crippen LogP contribution < -0.4 is 10.2 Å². The predicted molar refractivity (Wildman–Crippen MR) is 161 cm³/mol. The van der Waals surface area contributed by atoms with Gasteiger partial charge in [-0.3, -0.25) is 9.97 Å². The Bertz CT molecular complexity index is 1890. The first-order valence-corrected chi connectivity index (χ1v) is 13.2. The van der Waals surface area contributed by atoms with Crippen molar-refractivity contribution in [1.82, 2.24) is 30.4 Å². The minimum Gasteiger partial charge on any atom is -0.573 e. The van der Waals surface area contributed by atoms with Crippen molar-refractivity contribution in [3.8, 4) is 34.0 Å². The molecule has 0 spiro atoms. The topological polar surface area (TPSA) is 79.8 Å². The number of benzene rings is 3. The minimum atomic E-state index is 0. The van der Waals surface area contributed by atoms with E-state index in [0.29, 0.717) is 0 Å². The molecule has 204 valence electrons. The van der Waals surface area contributed by atoms with Crippen molar-refractivity contribution < 1.29 is 21.1 Å². The van der Waals surface area contributed by atoms with Gasteiger partial charge in [-0.1, -0.05) is 105 Å². The van der Waals surface area contributed by atoms with Crippen LogP contribution in [0.15, 0.2) is 116 Å². The Balaban J connectivity index is 0.000000263. The molecule has 4 heterocycles. The Morgan fingerprint density at radius 2 is 1.32 bits per heavy atom. The van der Waals surface area contributed by atoms with Crippen molar-refractivity contribution in [1.29, 1.82) is 0 Å². The molecule has 7 rings (SSSR count). The molecule has 6 nitrogen and oxygen atoms in total. The van der Waals surface area contributed by atoms with Gasteiger partial charge in [0, 0.05) is 29.0 Å². The molecule has 0 aliphatic rings. The summed E-state index contributed by atoms with van der Waals surface area (Å²) in [6, 6.07) is 34.3. The average molecular weight is 716 g/mol. The Kier molecular flexibility index (Phi) is 8.23. The number of nitrogens with zero attached hydrogens (tertiary/aromatic N) is 6. The monoisotopic (exact) mass is 715 g/mol. The van der Waals surface area contributed by atoms with E-state index in [4.69, 9.17) is 4.98 Å². The van der Waals surface area contributed by atoms with E-state index in [9.17, 15) is 0 Å². The molecule has 0 fully saturated rings. The molecule has 4 aromatic heterocycles. The standard InChI is InChI=1S/C25H15N5.C9H13N.Pt/c1-2-8-16(9-3-1)21-15-23(29-28-21)24-18-11-5-4-10-17(18)14-22(26-24)25-19-12-6-7-13-20(19)27-30-25;1-9(2,3)8-4-6-10-7-5-8;/h1-15H;4-7H,1-3H3;/q-2;;+2. The summed E-state index contributed by atoms with van der Waals surface area (Å²) >= 11 is 0. The van der Waals surface area contributed by atoms with Crippen LogP contribution in [0.4, 0.5) is 0 Å². The van der Waals surface area contributed by atoms with Crippen molar-refractivity contribution in [2.45, 2.75) is 26.2 Å². The third-order valence-corrected chi connectivity index (χ3v) is 6.80. The molecular weight excluding hydrogens is 687 g/mol. The average Bonchev–Trinajstić information content (AvgIpc) is 3.66. The van der Waals surface area contributed by atoms with E-state index in [2.05, 4.69) is 76.5 Å². The maximum Gasteiger partial charge on any atom is 2.00 e. The summed E-state index contributed by atoms with van der Waals surface area (Å²) in [7, 11) is 0. The normalized spacial score (nSPS) is 11.1. The fraction of sp³-hybridized carbons (Fsp3) is 0.118. The molecule has 0 aliphatic heterocycles. The minimum absolute atomic E-state index is 0. The van der Waals surface area contributed by atoms with Gasteiger partial charge in [0.15, 0.2) is 0 Å². The maximum atomic E-state index is 4.97. The third kappa shape index (κ3) is 6.03. The fourth-order valence-electron chi connectivity index (χ4n) is 4.64. The van der Waals surface area contributed by atoms with E-state index in [-0.39, 0.29) is 26.5 Å². The predicted octanol–water partition coefficient (Wildman–Crippen LogP) is 7.47. The van der Waals surface area contributed by atoms with Crippen LogP contribution in [0.1, 0.15) is 26.3 Å². The number of aromatic nitrogens is 6. The molecule has 7 aromatic rings. The van der Waals surface area contributed by atoms with Crippen LogP contribution in [0.25, 0.3) is 55.7 Å². The molecule has 7 heteroatoms. The number of hydrogen-bond acceptors (Lipinski definition) is 4. The zero-order chi connectivity index (χ0) is 27.5. The molecule has 0 atom stereocenters. The fourth-order valence-corrected chi connectivity index (χ4v) is 4.64. The van der Waals surface area contributed by atoms with E-state index in [1.54, 1.807) is 0 Å². The van der Waals surface area contributed by atoms with Gasteiger partial charge in [0.25, 0.3) is 0 Å². The van der Waals surface area contributed by atoms with Gasteiger partial charge in [-0.15, -0.1) is 0 Å². The van der Waals surface area contributed by atoms with Crippen molar-refractivity contribution in [2.75, 3.05) is 0 Å². The Morgan fingerprint density at radius 3 is 2.05 bits per heavy atom. The van der Waals surface area contributed by atoms with Crippen molar-refractivity contribution in [2.24, 2.45) is 0 Å². The molecule has 0 aliphatic carbocycles. The summed E-state index contributed by atoms with van der Waals surface area (Å²) in [5.41, 5.74) is 7.42. The number of hydrogen-bond donors (Lipinski definition) is 0. The van der Waals surface area contributed by atoms with Crippen LogP contribution in [-0.2, 0) is 26.5 Å². The second-order valence-electron chi connectivity index (χ2n) is 10.6. The summed E-state index contributed by atoms with van der Waals surface area (Å²) in [5.74, 6) is 0.